The number of aromatic nitrogens is 2. The molecule has 0 aliphatic carbocycles. The first kappa shape index (κ1) is 15.8. The standard InChI is InChI=1S/C23H22N2/c1-15-8-7-11-19-21(15)24-14-25-22(19)17-12-16-9-5-6-10-18(16)20(13-17)23(2,3)4/h5-14H,1-4H3. The number of hydrogen-bond donors (Lipinski definition) is 0. The van der Waals surface area contributed by atoms with Crippen LogP contribution in [-0.4, -0.2) is 9.97 Å². The summed E-state index contributed by atoms with van der Waals surface area (Å²) >= 11 is 0. The molecule has 4 aromatic rings. The van der Waals surface area contributed by atoms with Gasteiger partial charge in [-0.05, 0) is 46.4 Å². The number of rotatable bonds is 1. The predicted molar refractivity (Wildman–Crippen MR) is 106 cm³/mol. The molecule has 0 fully saturated rings. The van der Waals surface area contributed by atoms with Crippen LogP contribution in [0.4, 0.5) is 0 Å². The summed E-state index contributed by atoms with van der Waals surface area (Å²) in [5, 5.41) is 3.68. The Morgan fingerprint density at radius 1 is 0.800 bits per heavy atom. The minimum atomic E-state index is 0.0639. The van der Waals surface area contributed by atoms with Crippen LogP contribution in [0.25, 0.3) is 32.9 Å². The molecule has 0 unspecified atom stereocenters. The highest BCUT2D eigenvalue weighted by Gasteiger charge is 2.19. The first-order valence-corrected chi connectivity index (χ1v) is 8.69. The molecular weight excluding hydrogens is 304 g/mol. The number of nitrogens with zero attached hydrogens (tertiary/aromatic N) is 2. The summed E-state index contributed by atoms with van der Waals surface area (Å²) < 4.78 is 0. The summed E-state index contributed by atoms with van der Waals surface area (Å²) in [6.45, 7) is 8.89. The van der Waals surface area contributed by atoms with E-state index in [0.717, 1.165) is 22.2 Å². The van der Waals surface area contributed by atoms with E-state index in [4.69, 9.17) is 0 Å². The van der Waals surface area contributed by atoms with Crippen LogP contribution in [0.1, 0.15) is 31.9 Å². The zero-order valence-electron chi connectivity index (χ0n) is 15.2. The molecule has 0 amide bonds. The Morgan fingerprint density at radius 2 is 1.56 bits per heavy atom. The minimum Gasteiger partial charge on any atom is -0.236 e. The van der Waals surface area contributed by atoms with E-state index in [1.54, 1.807) is 6.33 Å². The van der Waals surface area contributed by atoms with Gasteiger partial charge in [0.1, 0.15) is 6.33 Å². The molecular formula is C23H22N2. The zero-order chi connectivity index (χ0) is 17.6. The van der Waals surface area contributed by atoms with Crippen molar-refractivity contribution in [1.82, 2.24) is 9.97 Å². The van der Waals surface area contributed by atoms with E-state index < -0.39 is 0 Å². The van der Waals surface area contributed by atoms with Gasteiger partial charge in [0.2, 0.25) is 0 Å². The van der Waals surface area contributed by atoms with Gasteiger partial charge in [-0.1, -0.05) is 63.2 Å². The van der Waals surface area contributed by atoms with Gasteiger partial charge >= 0.3 is 0 Å². The summed E-state index contributed by atoms with van der Waals surface area (Å²) in [5.41, 5.74) is 5.77. The van der Waals surface area contributed by atoms with Crippen LogP contribution in [0.3, 0.4) is 0 Å². The lowest BCUT2D eigenvalue weighted by Gasteiger charge is -2.23. The van der Waals surface area contributed by atoms with Crippen LogP contribution in [0.15, 0.2) is 60.9 Å². The molecule has 2 nitrogen and oxygen atoms in total. The van der Waals surface area contributed by atoms with E-state index in [0.29, 0.717) is 0 Å². The van der Waals surface area contributed by atoms with Gasteiger partial charge in [0.05, 0.1) is 11.2 Å². The highest BCUT2D eigenvalue weighted by molar-refractivity contribution is 5.97. The van der Waals surface area contributed by atoms with Crippen molar-refractivity contribution in [2.75, 3.05) is 0 Å². The maximum absolute atomic E-state index is 4.64. The SMILES string of the molecule is Cc1cccc2c(-c3cc(C(C)(C)C)c4ccccc4c3)ncnc12. The molecule has 1 heterocycles. The topological polar surface area (TPSA) is 25.8 Å². The molecule has 124 valence electrons. The van der Waals surface area contributed by atoms with Crippen molar-refractivity contribution < 1.29 is 0 Å². The molecule has 0 atom stereocenters. The molecule has 0 aliphatic heterocycles. The highest BCUT2D eigenvalue weighted by atomic mass is 14.8. The van der Waals surface area contributed by atoms with Crippen molar-refractivity contribution in [2.24, 2.45) is 0 Å². The molecule has 2 heteroatoms. The third-order valence-electron chi connectivity index (χ3n) is 4.81. The van der Waals surface area contributed by atoms with Crippen molar-refractivity contribution in [3.05, 3.63) is 72.1 Å². The van der Waals surface area contributed by atoms with E-state index in [2.05, 4.69) is 92.3 Å². The Balaban J connectivity index is 2.08. The summed E-state index contributed by atoms with van der Waals surface area (Å²) in [6, 6.07) is 19.4. The molecule has 1 aromatic heterocycles. The molecule has 0 spiro atoms. The van der Waals surface area contributed by atoms with Crippen molar-refractivity contribution in [3.8, 4) is 11.3 Å². The minimum absolute atomic E-state index is 0.0639. The fraction of sp³-hybridized carbons (Fsp3) is 0.217. The van der Waals surface area contributed by atoms with E-state index in [9.17, 15) is 0 Å². The first-order valence-electron chi connectivity index (χ1n) is 8.69. The molecule has 0 radical (unpaired) electrons. The van der Waals surface area contributed by atoms with Gasteiger partial charge in [0.15, 0.2) is 0 Å². The Bertz CT molecular complexity index is 1090. The van der Waals surface area contributed by atoms with Crippen molar-refractivity contribution in [3.63, 3.8) is 0 Å². The Hall–Kier alpha value is -2.74. The van der Waals surface area contributed by atoms with Crippen LogP contribution in [0, 0.1) is 6.92 Å². The maximum Gasteiger partial charge on any atom is 0.116 e. The van der Waals surface area contributed by atoms with E-state index in [-0.39, 0.29) is 5.41 Å². The Kier molecular flexibility index (Phi) is 3.57. The van der Waals surface area contributed by atoms with Crippen molar-refractivity contribution >= 4 is 21.7 Å². The van der Waals surface area contributed by atoms with Crippen LogP contribution >= 0.6 is 0 Å². The number of fused-ring (bicyclic) bond motifs is 2. The van der Waals surface area contributed by atoms with Gasteiger partial charge in [-0.15, -0.1) is 0 Å². The number of aryl methyl sites for hydroxylation is 1. The van der Waals surface area contributed by atoms with Crippen LogP contribution < -0.4 is 0 Å². The maximum atomic E-state index is 4.64. The van der Waals surface area contributed by atoms with Crippen LogP contribution in [-0.2, 0) is 5.41 Å². The summed E-state index contributed by atoms with van der Waals surface area (Å²) in [4.78, 5) is 9.13. The second-order valence-electron chi connectivity index (χ2n) is 7.69. The Morgan fingerprint density at radius 3 is 2.36 bits per heavy atom. The van der Waals surface area contributed by atoms with Crippen molar-refractivity contribution in [1.29, 1.82) is 0 Å². The average Bonchev–Trinajstić information content (AvgIpc) is 2.60. The molecule has 4 rings (SSSR count). The molecule has 0 saturated carbocycles. The molecule has 0 saturated heterocycles. The summed E-state index contributed by atoms with van der Waals surface area (Å²) in [6.07, 6.45) is 1.68. The summed E-state index contributed by atoms with van der Waals surface area (Å²) in [5.74, 6) is 0. The molecule has 25 heavy (non-hydrogen) atoms. The quantitative estimate of drug-likeness (QED) is 0.425. The lowest BCUT2D eigenvalue weighted by molar-refractivity contribution is 0.596. The smallest absolute Gasteiger partial charge is 0.116 e. The van der Waals surface area contributed by atoms with Crippen molar-refractivity contribution in [2.45, 2.75) is 33.1 Å². The number of benzene rings is 3. The predicted octanol–water partition coefficient (Wildman–Crippen LogP) is 6.06. The second-order valence-corrected chi connectivity index (χ2v) is 7.69. The largest absolute Gasteiger partial charge is 0.236 e. The lowest BCUT2D eigenvalue weighted by atomic mass is 9.82. The van der Waals surface area contributed by atoms with Gasteiger partial charge in [0, 0.05) is 10.9 Å². The van der Waals surface area contributed by atoms with Crippen LogP contribution in [0.2, 0.25) is 0 Å². The zero-order valence-corrected chi connectivity index (χ0v) is 15.2. The molecule has 0 aliphatic rings. The average molecular weight is 326 g/mol. The number of para-hydroxylation sites is 1. The molecule has 0 N–H and O–H groups in total. The molecule has 0 bridgehead atoms. The normalized spacial score (nSPS) is 12.0. The van der Waals surface area contributed by atoms with Gasteiger partial charge in [0.25, 0.3) is 0 Å². The molecule has 3 aromatic carbocycles. The summed E-state index contributed by atoms with van der Waals surface area (Å²) in [7, 11) is 0. The van der Waals surface area contributed by atoms with E-state index >= 15 is 0 Å². The van der Waals surface area contributed by atoms with Gasteiger partial charge in [-0.2, -0.15) is 0 Å². The Labute approximate surface area is 148 Å². The lowest BCUT2D eigenvalue weighted by Crippen LogP contribution is -2.12. The fourth-order valence-electron chi connectivity index (χ4n) is 3.53. The highest BCUT2D eigenvalue weighted by Crippen LogP contribution is 2.36. The van der Waals surface area contributed by atoms with Gasteiger partial charge in [-0.3, -0.25) is 0 Å². The first-order chi connectivity index (χ1) is 11.9. The van der Waals surface area contributed by atoms with E-state index in [1.165, 1.54) is 21.9 Å². The fourth-order valence-corrected chi connectivity index (χ4v) is 3.53. The third kappa shape index (κ3) is 2.68. The monoisotopic (exact) mass is 326 g/mol. The van der Waals surface area contributed by atoms with Gasteiger partial charge < -0.3 is 0 Å². The third-order valence-corrected chi connectivity index (χ3v) is 4.81. The van der Waals surface area contributed by atoms with E-state index in [1.807, 2.05) is 0 Å². The van der Waals surface area contributed by atoms with Crippen LogP contribution in [0.5, 0.6) is 0 Å². The van der Waals surface area contributed by atoms with Gasteiger partial charge in [-0.25, -0.2) is 9.97 Å². The second kappa shape index (κ2) is 5.66. The number of hydrogen-bond acceptors (Lipinski definition) is 2.